The van der Waals surface area contributed by atoms with Crippen LogP contribution in [-0.2, 0) is 11.3 Å². The van der Waals surface area contributed by atoms with Crippen molar-refractivity contribution in [3.63, 3.8) is 0 Å². The van der Waals surface area contributed by atoms with E-state index in [9.17, 15) is 4.79 Å². The number of thiophene rings is 1. The number of amides is 1. The summed E-state index contributed by atoms with van der Waals surface area (Å²) in [6.07, 6.45) is 8.04. The Hall–Kier alpha value is -1.25. The highest BCUT2D eigenvalue weighted by Gasteiger charge is 2.28. The maximum Gasteiger partial charge on any atom is 0.241 e. The van der Waals surface area contributed by atoms with E-state index in [2.05, 4.69) is 36.3 Å². The molecule has 146 valence electrons. The summed E-state index contributed by atoms with van der Waals surface area (Å²) in [7, 11) is 0. The predicted octanol–water partition coefficient (Wildman–Crippen LogP) is 4.22. The minimum absolute atomic E-state index is 0.0660. The highest BCUT2D eigenvalue weighted by molar-refractivity contribution is 9.10. The molecule has 1 aliphatic carbocycles. The number of halogens is 1. The van der Waals surface area contributed by atoms with Crippen molar-refractivity contribution in [1.29, 1.82) is 0 Å². The molecule has 0 unspecified atom stereocenters. The molecule has 2 aromatic heterocycles. The van der Waals surface area contributed by atoms with Crippen LogP contribution < -0.4 is 5.32 Å². The standard InChI is InChI=1S/C19H25BrN4O2S/c20-14-9-16(27-12-14)18-22-17(26-23-18)11-24-8-4-5-13(10-24)19(25)21-15-6-2-1-3-7-15/h9,12-13,15H,1-8,10-11H2,(H,21,25)/t13-/m1/s1. The molecular weight excluding hydrogens is 428 g/mol. The third-order valence-corrected chi connectivity index (χ3v) is 7.13. The highest BCUT2D eigenvalue weighted by Crippen LogP contribution is 2.28. The van der Waals surface area contributed by atoms with Gasteiger partial charge >= 0.3 is 0 Å². The molecule has 2 aromatic rings. The maximum absolute atomic E-state index is 12.7. The molecule has 2 aliphatic rings. The maximum atomic E-state index is 12.7. The number of piperidine rings is 1. The fourth-order valence-electron chi connectivity index (χ4n) is 4.02. The summed E-state index contributed by atoms with van der Waals surface area (Å²) in [5, 5.41) is 9.38. The summed E-state index contributed by atoms with van der Waals surface area (Å²) in [4.78, 5) is 20.4. The Kier molecular flexibility index (Phi) is 6.24. The molecule has 1 saturated carbocycles. The molecule has 0 spiro atoms. The van der Waals surface area contributed by atoms with Crippen molar-refractivity contribution in [2.24, 2.45) is 5.92 Å². The summed E-state index contributed by atoms with van der Waals surface area (Å²) >= 11 is 5.03. The van der Waals surface area contributed by atoms with Gasteiger partial charge in [0.15, 0.2) is 0 Å². The monoisotopic (exact) mass is 452 g/mol. The average Bonchev–Trinajstić information content (AvgIpc) is 3.32. The van der Waals surface area contributed by atoms with Crippen molar-refractivity contribution >= 4 is 33.2 Å². The first-order chi connectivity index (χ1) is 13.2. The summed E-state index contributed by atoms with van der Waals surface area (Å²) in [6, 6.07) is 2.37. The first-order valence-corrected chi connectivity index (χ1v) is 11.4. The van der Waals surface area contributed by atoms with Gasteiger partial charge in [0, 0.05) is 22.4 Å². The van der Waals surface area contributed by atoms with E-state index >= 15 is 0 Å². The summed E-state index contributed by atoms with van der Waals surface area (Å²) in [6.45, 7) is 2.34. The fourth-order valence-corrected chi connectivity index (χ4v) is 5.37. The lowest BCUT2D eigenvalue weighted by molar-refractivity contribution is -0.127. The van der Waals surface area contributed by atoms with Crippen molar-refractivity contribution in [3.05, 3.63) is 21.8 Å². The van der Waals surface area contributed by atoms with Crippen LogP contribution in [0, 0.1) is 5.92 Å². The SMILES string of the molecule is O=C(NC1CCCCC1)[C@@H]1CCCN(Cc2nc(-c3cc(Br)cs3)no2)C1. The van der Waals surface area contributed by atoms with Crippen molar-refractivity contribution in [3.8, 4) is 10.7 Å². The van der Waals surface area contributed by atoms with Crippen LogP contribution in [0.25, 0.3) is 10.7 Å². The van der Waals surface area contributed by atoms with Crippen LogP contribution in [0.5, 0.6) is 0 Å². The Morgan fingerprint density at radius 3 is 2.93 bits per heavy atom. The highest BCUT2D eigenvalue weighted by atomic mass is 79.9. The van der Waals surface area contributed by atoms with E-state index < -0.39 is 0 Å². The summed E-state index contributed by atoms with van der Waals surface area (Å²) in [5.41, 5.74) is 0. The molecule has 1 N–H and O–H groups in total. The number of rotatable bonds is 5. The fraction of sp³-hybridized carbons (Fsp3) is 0.632. The molecule has 0 bridgehead atoms. The second-order valence-corrected chi connectivity index (χ2v) is 9.39. The van der Waals surface area contributed by atoms with Crippen LogP contribution in [-0.4, -0.2) is 40.1 Å². The van der Waals surface area contributed by atoms with Gasteiger partial charge in [-0.3, -0.25) is 9.69 Å². The van der Waals surface area contributed by atoms with E-state index in [0.717, 1.165) is 48.1 Å². The van der Waals surface area contributed by atoms with E-state index in [1.165, 1.54) is 19.3 Å². The van der Waals surface area contributed by atoms with Crippen LogP contribution in [0.4, 0.5) is 0 Å². The van der Waals surface area contributed by atoms with Gasteiger partial charge in [0.25, 0.3) is 0 Å². The molecule has 0 radical (unpaired) electrons. The molecule has 4 rings (SSSR count). The topological polar surface area (TPSA) is 71.3 Å². The van der Waals surface area contributed by atoms with Crippen molar-refractivity contribution in [2.75, 3.05) is 13.1 Å². The Bertz CT molecular complexity index is 771. The number of hydrogen-bond donors (Lipinski definition) is 1. The Labute approximate surface area is 171 Å². The van der Waals surface area contributed by atoms with Gasteiger partial charge in [-0.05, 0) is 54.2 Å². The predicted molar refractivity (Wildman–Crippen MR) is 108 cm³/mol. The number of aromatic nitrogens is 2. The lowest BCUT2D eigenvalue weighted by atomic mass is 9.93. The molecule has 1 aliphatic heterocycles. The van der Waals surface area contributed by atoms with Gasteiger partial charge in [-0.25, -0.2) is 0 Å². The quantitative estimate of drug-likeness (QED) is 0.734. The molecular formula is C19H25BrN4O2S. The molecule has 27 heavy (non-hydrogen) atoms. The van der Waals surface area contributed by atoms with E-state index in [-0.39, 0.29) is 11.8 Å². The van der Waals surface area contributed by atoms with Crippen molar-refractivity contribution in [1.82, 2.24) is 20.4 Å². The Morgan fingerprint density at radius 2 is 2.15 bits per heavy atom. The second kappa shape index (κ2) is 8.84. The zero-order chi connectivity index (χ0) is 18.6. The van der Waals surface area contributed by atoms with Gasteiger partial charge in [0.1, 0.15) is 0 Å². The zero-order valence-corrected chi connectivity index (χ0v) is 17.7. The second-order valence-electron chi connectivity index (χ2n) is 7.56. The molecule has 1 atom stereocenters. The molecule has 3 heterocycles. The minimum Gasteiger partial charge on any atom is -0.353 e. The van der Waals surface area contributed by atoms with Crippen LogP contribution in [0.1, 0.15) is 50.8 Å². The Morgan fingerprint density at radius 1 is 1.30 bits per heavy atom. The lowest BCUT2D eigenvalue weighted by Gasteiger charge is -2.32. The smallest absolute Gasteiger partial charge is 0.241 e. The lowest BCUT2D eigenvalue weighted by Crippen LogP contribution is -2.46. The van der Waals surface area contributed by atoms with Gasteiger partial charge in [0.2, 0.25) is 17.6 Å². The molecule has 2 fully saturated rings. The number of carbonyl (C=O) groups excluding carboxylic acids is 1. The first-order valence-electron chi connectivity index (χ1n) is 9.77. The Balaban J connectivity index is 1.32. The van der Waals surface area contributed by atoms with Crippen molar-refractivity contribution < 1.29 is 9.32 Å². The molecule has 1 saturated heterocycles. The largest absolute Gasteiger partial charge is 0.353 e. The van der Waals surface area contributed by atoms with Gasteiger partial charge in [-0.1, -0.05) is 24.4 Å². The van der Waals surface area contributed by atoms with Crippen molar-refractivity contribution in [2.45, 2.75) is 57.5 Å². The van der Waals surface area contributed by atoms with Crippen LogP contribution in [0.2, 0.25) is 0 Å². The van der Waals surface area contributed by atoms with Crippen LogP contribution >= 0.6 is 27.3 Å². The number of nitrogens with zero attached hydrogens (tertiary/aromatic N) is 3. The van der Waals surface area contributed by atoms with E-state index in [0.29, 0.717) is 24.3 Å². The first kappa shape index (κ1) is 19.1. The van der Waals surface area contributed by atoms with Gasteiger partial charge in [-0.15, -0.1) is 11.3 Å². The number of carbonyl (C=O) groups is 1. The van der Waals surface area contributed by atoms with E-state index in [1.54, 1.807) is 11.3 Å². The summed E-state index contributed by atoms with van der Waals surface area (Å²) < 4.78 is 6.46. The molecule has 8 heteroatoms. The van der Waals surface area contributed by atoms with Crippen LogP contribution in [0.3, 0.4) is 0 Å². The van der Waals surface area contributed by atoms with Gasteiger partial charge in [0.05, 0.1) is 17.3 Å². The number of nitrogens with one attached hydrogen (secondary N) is 1. The third kappa shape index (κ3) is 4.97. The number of likely N-dealkylation sites (tertiary alicyclic amines) is 1. The minimum atomic E-state index is 0.0660. The van der Waals surface area contributed by atoms with Gasteiger partial charge < -0.3 is 9.84 Å². The van der Waals surface area contributed by atoms with E-state index in [4.69, 9.17) is 4.52 Å². The average molecular weight is 453 g/mol. The van der Waals surface area contributed by atoms with Gasteiger partial charge in [-0.2, -0.15) is 4.98 Å². The van der Waals surface area contributed by atoms with E-state index in [1.807, 2.05) is 11.4 Å². The zero-order valence-electron chi connectivity index (χ0n) is 15.3. The van der Waals surface area contributed by atoms with Crippen LogP contribution in [0.15, 0.2) is 20.4 Å². The molecule has 0 aromatic carbocycles. The summed E-state index contributed by atoms with van der Waals surface area (Å²) in [5.74, 6) is 1.53. The normalized spacial score (nSPS) is 22.0. The number of hydrogen-bond acceptors (Lipinski definition) is 6. The molecule has 6 nitrogen and oxygen atoms in total. The molecule has 1 amide bonds. The third-order valence-electron chi connectivity index (χ3n) is 5.44.